The number of benzene rings is 2. The van der Waals surface area contributed by atoms with Crippen molar-refractivity contribution in [2.24, 2.45) is 0 Å². The van der Waals surface area contributed by atoms with E-state index in [1.54, 1.807) is 12.1 Å². The van der Waals surface area contributed by atoms with Gasteiger partial charge in [0.05, 0.1) is 0 Å². The molecule has 0 spiro atoms. The highest BCUT2D eigenvalue weighted by Crippen LogP contribution is 2.41. The third kappa shape index (κ3) is 3.59. The Morgan fingerprint density at radius 1 is 1.17 bits per heavy atom. The van der Waals surface area contributed by atoms with Crippen LogP contribution in [0.25, 0.3) is 0 Å². The first kappa shape index (κ1) is 15.7. The van der Waals surface area contributed by atoms with E-state index in [9.17, 15) is 9.18 Å². The minimum absolute atomic E-state index is 0.00916. The molecule has 3 rings (SSSR count). The molecule has 1 fully saturated rings. The van der Waals surface area contributed by atoms with E-state index in [4.69, 9.17) is 0 Å². The number of carbonyl (C=O) groups is 1. The second-order valence-corrected chi connectivity index (χ2v) is 6.29. The lowest BCUT2D eigenvalue weighted by molar-refractivity contribution is -0.125. The average molecular weight is 312 g/mol. The molecule has 2 aromatic rings. The van der Waals surface area contributed by atoms with E-state index in [1.807, 2.05) is 55.4 Å². The van der Waals surface area contributed by atoms with E-state index in [1.165, 1.54) is 6.07 Å². The lowest BCUT2D eigenvalue weighted by atomic mass is 10.1. The van der Waals surface area contributed by atoms with Crippen molar-refractivity contribution in [2.45, 2.75) is 24.4 Å². The van der Waals surface area contributed by atoms with Gasteiger partial charge in [-0.3, -0.25) is 9.69 Å². The Morgan fingerprint density at radius 3 is 2.57 bits per heavy atom. The first-order valence-corrected chi connectivity index (χ1v) is 7.83. The second kappa shape index (κ2) is 6.50. The van der Waals surface area contributed by atoms with Gasteiger partial charge in [0.1, 0.15) is 11.9 Å². The summed E-state index contributed by atoms with van der Waals surface area (Å²) in [7, 11) is 3.79. The van der Waals surface area contributed by atoms with Crippen LogP contribution < -0.4 is 5.32 Å². The van der Waals surface area contributed by atoms with Crippen LogP contribution in [0.2, 0.25) is 0 Å². The Balaban J connectivity index is 1.67. The Hall–Kier alpha value is -2.20. The van der Waals surface area contributed by atoms with Crippen LogP contribution in [-0.4, -0.2) is 30.9 Å². The fraction of sp³-hybridized carbons (Fsp3) is 0.316. The summed E-state index contributed by atoms with van der Waals surface area (Å²) in [5.74, 6) is -0.0201. The first-order valence-electron chi connectivity index (χ1n) is 7.83. The molecule has 0 aromatic heterocycles. The van der Waals surface area contributed by atoms with Crippen LogP contribution in [0.5, 0.6) is 0 Å². The van der Waals surface area contributed by atoms with Gasteiger partial charge in [-0.15, -0.1) is 0 Å². The SMILES string of the molecule is CN(C)[C@H](C(=O)N[C@@H]1C[C@H]1c1cccc(F)c1)c1ccccc1. The Morgan fingerprint density at radius 2 is 1.91 bits per heavy atom. The third-order valence-electron chi connectivity index (χ3n) is 4.27. The number of halogens is 1. The number of hydrogen-bond acceptors (Lipinski definition) is 2. The zero-order valence-electron chi connectivity index (χ0n) is 13.4. The molecule has 23 heavy (non-hydrogen) atoms. The summed E-state index contributed by atoms with van der Waals surface area (Å²) < 4.78 is 13.3. The molecule has 0 aliphatic heterocycles. The maximum Gasteiger partial charge on any atom is 0.242 e. The van der Waals surface area contributed by atoms with E-state index < -0.39 is 0 Å². The zero-order chi connectivity index (χ0) is 16.4. The number of nitrogens with one attached hydrogen (secondary N) is 1. The van der Waals surface area contributed by atoms with Gasteiger partial charge in [0.2, 0.25) is 5.91 Å². The number of rotatable bonds is 5. The van der Waals surface area contributed by atoms with Gasteiger partial charge in [-0.25, -0.2) is 4.39 Å². The summed E-state index contributed by atoms with van der Waals surface area (Å²) >= 11 is 0. The maximum absolute atomic E-state index is 13.3. The molecule has 3 atom stereocenters. The van der Waals surface area contributed by atoms with E-state index in [0.717, 1.165) is 17.5 Å². The van der Waals surface area contributed by atoms with Gasteiger partial charge in [0, 0.05) is 12.0 Å². The standard InChI is InChI=1S/C19H21FN2O/c1-22(2)18(13-7-4-3-5-8-13)19(23)21-17-12-16(17)14-9-6-10-15(20)11-14/h3-11,16-18H,12H2,1-2H3,(H,21,23)/t16-,17+,18-/m0/s1. The van der Waals surface area contributed by atoms with Gasteiger partial charge < -0.3 is 5.32 Å². The van der Waals surface area contributed by atoms with Gasteiger partial charge in [-0.2, -0.15) is 0 Å². The monoisotopic (exact) mass is 312 g/mol. The summed E-state index contributed by atoms with van der Waals surface area (Å²) in [6.07, 6.45) is 0.865. The van der Waals surface area contributed by atoms with Gasteiger partial charge in [-0.1, -0.05) is 42.5 Å². The van der Waals surface area contributed by atoms with Crippen LogP contribution in [0.4, 0.5) is 4.39 Å². The fourth-order valence-electron chi connectivity index (χ4n) is 3.04. The van der Waals surface area contributed by atoms with Crippen molar-refractivity contribution in [1.29, 1.82) is 0 Å². The molecule has 2 aromatic carbocycles. The van der Waals surface area contributed by atoms with Crippen molar-refractivity contribution in [3.05, 3.63) is 71.5 Å². The van der Waals surface area contributed by atoms with Crippen LogP contribution in [-0.2, 0) is 4.79 Å². The lowest BCUT2D eigenvalue weighted by Gasteiger charge is -2.24. The summed E-state index contributed by atoms with van der Waals surface area (Å²) in [4.78, 5) is 14.6. The van der Waals surface area contributed by atoms with Crippen molar-refractivity contribution >= 4 is 5.91 Å². The topological polar surface area (TPSA) is 32.3 Å². The van der Waals surface area contributed by atoms with Gasteiger partial charge in [0.25, 0.3) is 0 Å². The highest BCUT2D eigenvalue weighted by atomic mass is 19.1. The number of likely N-dealkylation sites (N-methyl/N-ethyl adjacent to an activating group) is 1. The molecule has 1 saturated carbocycles. The number of amides is 1. The average Bonchev–Trinajstić information content (AvgIpc) is 3.27. The predicted molar refractivity (Wildman–Crippen MR) is 88.6 cm³/mol. The molecule has 0 bridgehead atoms. The van der Waals surface area contributed by atoms with Crippen molar-refractivity contribution in [2.75, 3.05) is 14.1 Å². The van der Waals surface area contributed by atoms with Crippen LogP contribution in [0, 0.1) is 5.82 Å². The largest absolute Gasteiger partial charge is 0.351 e. The summed E-state index contributed by atoms with van der Waals surface area (Å²) in [6.45, 7) is 0. The van der Waals surface area contributed by atoms with Crippen LogP contribution >= 0.6 is 0 Å². The molecule has 1 N–H and O–H groups in total. The first-order chi connectivity index (χ1) is 11.1. The highest BCUT2D eigenvalue weighted by molar-refractivity contribution is 5.83. The lowest BCUT2D eigenvalue weighted by Crippen LogP contribution is -2.38. The Bertz CT molecular complexity index is 687. The molecular formula is C19H21FN2O. The summed E-state index contributed by atoms with van der Waals surface area (Å²) in [5.41, 5.74) is 1.93. The molecule has 0 heterocycles. The van der Waals surface area contributed by atoms with E-state index in [-0.39, 0.29) is 29.7 Å². The normalized spacial score (nSPS) is 21.0. The van der Waals surface area contributed by atoms with Crippen molar-refractivity contribution < 1.29 is 9.18 Å². The van der Waals surface area contributed by atoms with E-state index in [2.05, 4.69) is 5.32 Å². The fourth-order valence-corrected chi connectivity index (χ4v) is 3.04. The molecular weight excluding hydrogens is 291 g/mol. The zero-order valence-corrected chi connectivity index (χ0v) is 13.4. The number of hydrogen-bond donors (Lipinski definition) is 1. The maximum atomic E-state index is 13.3. The van der Waals surface area contributed by atoms with Crippen LogP contribution in [0.3, 0.4) is 0 Å². The van der Waals surface area contributed by atoms with E-state index >= 15 is 0 Å². The van der Waals surface area contributed by atoms with E-state index in [0.29, 0.717) is 0 Å². The van der Waals surface area contributed by atoms with Crippen LogP contribution in [0.15, 0.2) is 54.6 Å². The van der Waals surface area contributed by atoms with Gasteiger partial charge in [0.15, 0.2) is 0 Å². The van der Waals surface area contributed by atoms with Crippen molar-refractivity contribution in [1.82, 2.24) is 10.2 Å². The predicted octanol–water partition coefficient (Wildman–Crippen LogP) is 3.10. The quantitative estimate of drug-likeness (QED) is 0.920. The molecule has 0 saturated heterocycles. The minimum atomic E-state index is -0.315. The Labute approximate surface area is 136 Å². The van der Waals surface area contributed by atoms with Crippen LogP contribution in [0.1, 0.15) is 29.5 Å². The molecule has 0 unspecified atom stereocenters. The second-order valence-electron chi connectivity index (χ2n) is 6.29. The Kier molecular flexibility index (Phi) is 4.44. The minimum Gasteiger partial charge on any atom is -0.351 e. The number of carbonyl (C=O) groups excluding carboxylic acids is 1. The molecule has 0 radical (unpaired) electrons. The molecule has 120 valence electrons. The summed E-state index contributed by atoms with van der Waals surface area (Å²) in [5, 5.41) is 3.10. The third-order valence-corrected chi connectivity index (χ3v) is 4.27. The van der Waals surface area contributed by atoms with Gasteiger partial charge in [-0.05, 0) is 43.8 Å². The molecule has 4 heteroatoms. The smallest absolute Gasteiger partial charge is 0.242 e. The summed E-state index contributed by atoms with van der Waals surface area (Å²) in [6, 6.07) is 16.1. The molecule has 1 aliphatic rings. The van der Waals surface area contributed by atoms with Crippen molar-refractivity contribution in [3.63, 3.8) is 0 Å². The molecule has 1 amide bonds. The van der Waals surface area contributed by atoms with Gasteiger partial charge >= 0.3 is 0 Å². The molecule has 3 nitrogen and oxygen atoms in total. The highest BCUT2D eigenvalue weighted by Gasteiger charge is 2.41. The van der Waals surface area contributed by atoms with Crippen molar-refractivity contribution in [3.8, 4) is 0 Å². The molecule has 1 aliphatic carbocycles. The number of nitrogens with zero attached hydrogens (tertiary/aromatic N) is 1.